The van der Waals surface area contributed by atoms with E-state index in [4.69, 9.17) is 11.0 Å². The molecule has 3 rings (SSSR count). The molecule has 0 unspecified atom stereocenters. The van der Waals surface area contributed by atoms with Crippen LogP contribution in [0.2, 0.25) is 0 Å². The third-order valence-electron chi connectivity index (χ3n) is 2.75. The third-order valence-corrected chi connectivity index (χ3v) is 2.75. The number of benzene rings is 1. The smallest absolute Gasteiger partial charge is 0.306 e. The summed E-state index contributed by atoms with van der Waals surface area (Å²) in [5.74, 6) is 0. The summed E-state index contributed by atoms with van der Waals surface area (Å²) in [6, 6.07) is 9.55. The topological polar surface area (TPSA) is 139 Å². The van der Waals surface area contributed by atoms with Gasteiger partial charge in [0, 0.05) is 6.20 Å². The van der Waals surface area contributed by atoms with Crippen LogP contribution in [0.4, 0.5) is 11.4 Å². The average Bonchev–Trinajstić information content (AvgIpc) is 3.20. The van der Waals surface area contributed by atoms with Crippen LogP contribution in [0.5, 0.6) is 0 Å². The van der Waals surface area contributed by atoms with Gasteiger partial charge in [-0.15, -0.1) is 0 Å². The normalized spacial score (nSPS) is 9.52. The Kier molecular flexibility index (Phi) is 5.04. The molecule has 0 aliphatic carbocycles. The summed E-state index contributed by atoms with van der Waals surface area (Å²) in [5.41, 5.74) is 7.89. The van der Waals surface area contributed by atoms with Crippen molar-refractivity contribution >= 4 is 11.4 Å². The molecule has 0 spiro atoms. The maximum atomic E-state index is 9.81. The molecule has 116 valence electrons. The van der Waals surface area contributed by atoms with Crippen molar-refractivity contribution in [1.82, 2.24) is 20.0 Å². The number of hydrogen-bond acceptors (Lipinski definition) is 6. The highest BCUT2D eigenvalue weighted by atomic mass is 16.6. The molecule has 1 aromatic carbocycles. The second-order valence-corrected chi connectivity index (χ2v) is 4.50. The number of nitrogens with one attached hydrogen (secondary N) is 1. The van der Waals surface area contributed by atoms with Crippen molar-refractivity contribution in [2.45, 2.75) is 6.54 Å². The van der Waals surface area contributed by atoms with Gasteiger partial charge in [0.1, 0.15) is 6.20 Å². The first-order chi connectivity index (χ1) is 11.1. The molecule has 0 amide bonds. The molecule has 0 radical (unpaired) electrons. The first-order valence-electron chi connectivity index (χ1n) is 6.48. The van der Waals surface area contributed by atoms with Crippen molar-refractivity contribution in [3.05, 3.63) is 70.3 Å². The molecule has 9 heteroatoms. The Bertz CT molecular complexity index is 818. The van der Waals surface area contributed by atoms with Crippen molar-refractivity contribution in [1.29, 1.82) is 5.26 Å². The Morgan fingerprint density at radius 3 is 2.78 bits per heavy atom. The van der Waals surface area contributed by atoms with Gasteiger partial charge < -0.3 is 5.73 Å². The first-order valence-corrected chi connectivity index (χ1v) is 6.48. The lowest BCUT2D eigenvalue weighted by Crippen LogP contribution is -1.99. The van der Waals surface area contributed by atoms with E-state index in [2.05, 4.69) is 21.4 Å². The second-order valence-electron chi connectivity index (χ2n) is 4.50. The molecule has 0 atom stereocenters. The number of rotatable bonds is 3. The van der Waals surface area contributed by atoms with E-state index in [1.807, 2.05) is 18.2 Å². The van der Waals surface area contributed by atoms with Crippen LogP contribution >= 0.6 is 0 Å². The van der Waals surface area contributed by atoms with Crippen molar-refractivity contribution in [3.63, 3.8) is 0 Å². The standard InChI is InChI=1S/C11H10N4.C3H3N3O2/c12-5-9-2-1-3-10(4-9)7-15-8-11(13)6-14-15;7-6(8)3-1-4-5-2-3/h1-4,6,8H,7,13H2;1-2H,(H,4,5). The fraction of sp³-hybridized carbons (Fsp3) is 0.0714. The summed E-state index contributed by atoms with van der Waals surface area (Å²) in [7, 11) is 0. The molecule has 9 nitrogen and oxygen atoms in total. The lowest BCUT2D eigenvalue weighted by Gasteiger charge is -2.01. The summed E-state index contributed by atoms with van der Waals surface area (Å²) in [6.07, 6.45) is 5.74. The molecule has 2 heterocycles. The zero-order chi connectivity index (χ0) is 16.7. The van der Waals surface area contributed by atoms with Crippen LogP contribution < -0.4 is 5.73 Å². The molecule has 0 saturated carbocycles. The summed E-state index contributed by atoms with van der Waals surface area (Å²) < 4.78 is 1.74. The number of H-pyrrole nitrogens is 1. The predicted molar refractivity (Wildman–Crippen MR) is 82.1 cm³/mol. The van der Waals surface area contributed by atoms with Gasteiger partial charge in [-0.1, -0.05) is 12.1 Å². The van der Waals surface area contributed by atoms with E-state index >= 15 is 0 Å². The largest absolute Gasteiger partial charge is 0.396 e. The number of hydrogen-bond donors (Lipinski definition) is 2. The zero-order valence-electron chi connectivity index (χ0n) is 12.0. The first kappa shape index (κ1) is 15.7. The Balaban J connectivity index is 0.000000203. The average molecular weight is 311 g/mol. The van der Waals surface area contributed by atoms with E-state index in [0.717, 1.165) is 11.8 Å². The van der Waals surface area contributed by atoms with E-state index in [9.17, 15) is 10.1 Å². The number of nitrogen functional groups attached to an aromatic ring is 1. The molecule has 23 heavy (non-hydrogen) atoms. The minimum absolute atomic E-state index is 0.00926. The van der Waals surface area contributed by atoms with Gasteiger partial charge in [-0.3, -0.25) is 19.9 Å². The molecule has 0 aliphatic heterocycles. The van der Waals surface area contributed by atoms with Crippen LogP contribution in [0.1, 0.15) is 11.1 Å². The molecule has 0 saturated heterocycles. The Hall–Kier alpha value is -3.67. The SMILES string of the molecule is N#Cc1cccc(Cn2cc(N)cn2)c1.O=[N+]([O-])c1cn[nH]c1. The van der Waals surface area contributed by atoms with Crippen molar-refractivity contribution in [2.75, 3.05) is 5.73 Å². The lowest BCUT2D eigenvalue weighted by atomic mass is 10.1. The minimum atomic E-state index is -0.510. The molecule has 3 aromatic rings. The van der Waals surface area contributed by atoms with E-state index in [1.54, 1.807) is 23.1 Å². The van der Waals surface area contributed by atoms with E-state index in [1.165, 1.54) is 6.20 Å². The molecule has 2 aromatic heterocycles. The minimum Gasteiger partial charge on any atom is -0.396 e. The monoisotopic (exact) mass is 311 g/mol. The third kappa shape index (κ3) is 4.68. The number of nitrogens with two attached hydrogens (primary N) is 1. The molecular weight excluding hydrogens is 298 g/mol. The van der Waals surface area contributed by atoms with Gasteiger partial charge in [-0.05, 0) is 17.7 Å². The van der Waals surface area contributed by atoms with Crippen molar-refractivity contribution < 1.29 is 4.92 Å². The van der Waals surface area contributed by atoms with Crippen molar-refractivity contribution in [3.8, 4) is 6.07 Å². The highest BCUT2D eigenvalue weighted by molar-refractivity contribution is 5.34. The molecule has 0 aliphatic rings. The molecule has 0 bridgehead atoms. The van der Waals surface area contributed by atoms with Crippen LogP contribution in [0.25, 0.3) is 0 Å². The predicted octanol–water partition coefficient (Wildman–Crippen LogP) is 1.70. The fourth-order valence-corrected chi connectivity index (χ4v) is 1.74. The maximum absolute atomic E-state index is 9.81. The van der Waals surface area contributed by atoms with E-state index in [0.29, 0.717) is 17.8 Å². The quantitative estimate of drug-likeness (QED) is 0.557. The van der Waals surface area contributed by atoms with E-state index in [-0.39, 0.29) is 5.69 Å². The van der Waals surface area contributed by atoms with Crippen LogP contribution in [0.15, 0.2) is 49.1 Å². The Morgan fingerprint density at radius 1 is 1.43 bits per heavy atom. The van der Waals surface area contributed by atoms with E-state index < -0.39 is 4.92 Å². The zero-order valence-corrected chi connectivity index (χ0v) is 12.0. The van der Waals surface area contributed by atoms with Gasteiger partial charge in [-0.2, -0.15) is 15.5 Å². The van der Waals surface area contributed by atoms with Crippen LogP contribution in [0, 0.1) is 21.4 Å². The second kappa shape index (κ2) is 7.37. The summed E-state index contributed by atoms with van der Waals surface area (Å²) in [5, 5.41) is 28.3. The molecular formula is C14H13N7O2. The number of nitrogens with zero attached hydrogens (tertiary/aromatic N) is 5. The summed E-state index contributed by atoms with van der Waals surface area (Å²) in [6.45, 7) is 0.632. The van der Waals surface area contributed by atoms with Crippen LogP contribution in [-0.4, -0.2) is 24.9 Å². The Morgan fingerprint density at radius 2 is 2.26 bits per heavy atom. The van der Waals surface area contributed by atoms with Crippen LogP contribution in [-0.2, 0) is 6.54 Å². The van der Waals surface area contributed by atoms with Gasteiger partial charge in [0.15, 0.2) is 0 Å². The summed E-state index contributed by atoms with van der Waals surface area (Å²) >= 11 is 0. The van der Waals surface area contributed by atoms with Gasteiger partial charge in [-0.25, -0.2) is 0 Å². The number of nitriles is 1. The highest BCUT2D eigenvalue weighted by Gasteiger charge is 2.02. The fourth-order valence-electron chi connectivity index (χ4n) is 1.74. The lowest BCUT2D eigenvalue weighted by molar-refractivity contribution is -0.384. The van der Waals surface area contributed by atoms with Gasteiger partial charge in [0.2, 0.25) is 0 Å². The van der Waals surface area contributed by atoms with Crippen LogP contribution in [0.3, 0.4) is 0 Å². The van der Waals surface area contributed by atoms with Gasteiger partial charge in [0.25, 0.3) is 0 Å². The van der Waals surface area contributed by atoms with Gasteiger partial charge >= 0.3 is 5.69 Å². The summed E-state index contributed by atoms with van der Waals surface area (Å²) in [4.78, 5) is 9.30. The molecule has 0 fully saturated rings. The highest BCUT2D eigenvalue weighted by Crippen LogP contribution is 2.07. The number of nitro groups is 1. The van der Waals surface area contributed by atoms with Crippen molar-refractivity contribution in [2.24, 2.45) is 0 Å². The number of anilines is 1. The maximum Gasteiger partial charge on any atom is 0.306 e. The number of aromatic amines is 1. The number of aromatic nitrogens is 4. The molecule has 3 N–H and O–H groups in total. The van der Waals surface area contributed by atoms with Gasteiger partial charge in [0.05, 0.1) is 41.2 Å². The Labute approximate surface area is 131 Å².